The van der Waals surface area contributed by atoms with Crippen LogP contribution in [-0.2, 0) is 16.0 Å². The van der Waals surface area contributed by atoms with E-state index in [1.807, 2.05) is 19.9 Å². The first-order valence-corrected chi connectivity index (χ1v) is 15.1. The van der Waals surface area contributed by atoms with Gasteiger partial charge in [-0.25, -0.2) is 9.98 Å². The van der Waals surface area contributed by atoms with Gasteiger partial charge in [0.05, 0.1) is 22.8 Å². The number of aromatic nitrogens is 1. The zero-order valence-electron chi connectivity index (χ0n) is 25.5. The standard InChI is InChI=1S/C34H42N4O4/c1-7-21-17(3)25-13-26-19(5)23(9-11-33(39)40)31(37-26)16-32-24(10-12-34(41)42)20(6)28(38-32)15-30-22(8-2)18(4)27(36-30)14-29(21)35-25/h13-17,21,25,29,35-36H,7-12H2,1-6H3,(H,39,40)(H,41,42). The van der Waals surface area contributed by atoms with E-state index >= 15 is 0 Å². The summed E-state index contributed by atoms with van der Waals surface area (Å²) in [6, 6.07) is 0.303. The summed E-state index contributed by atoms with van der Waals surface area (Å²) in [4.78, 5) is 36.9. The van der Waals surface area contributed by atoms with Crippen molar-refractivity contribution in [3.05, 3.63) is 67.7 Å². The summed E-state index contributed by atoms with van der Waals surface area (Å²) >= 11 is 0. The topological polar surface area (TPSA) is 127 Å². The lowest BCUT2D eigenvalue weighted by Crippen LogP contribution is -2.31. The van der Waals surface area contributed by atoms with Crippen molar-refractivity contribution < 1.29 is 19.8 Å². The molecule has 0 aromatic carbocycles. The normalized spacial score (nSPS) is 25.1. The molecule has 0 saturated carbocycles. The van der Waals surface area contributed by atoms with Gasteiger partial charge in [-0.1, -0.05) is 27.2 Å². The number of rotatable bonds is 8. The van der Waals surface area contributed by atoms with Gasteiger partial charge in [0.25, 0.3) is 0 Å². The zero-order chi connectivity index (χ0) is 30.3. The lowest BCUT2D eigenvalue weighted by molar-refractivity contribution is -0.137. The molecule has 0 spiro atoms. The second kappa shape index (κ2) is 11.8. The lowest BCUT2D eigenvalue weighted by Gasteiger charge is -2.18. The number of aromatic amines is 1. The molecule has 1 aromatic rings. The SMILES string of the molecule is CCc1c(C)c2[nH]c1=CC1=NC(=CC3=NC(=CC4NC(C=2)C(CC)C4C)C(C)=C3CCC(=O)O)C(CCC(=O)O)=C1C. The highest BCUT2D eigenvalue weighted by molar-refractivity contribution is 6.24. The molecular weight excluding hydrogens is 528 g/mol. The maximum Gasteiger partial charge on any atom is 0.303 e. The molecule has 8 heteroatoms. The van der Waals surface area contributed by atoms with Crippen molar-refractivity contribution >= 4 is 35.5 Å². The smallest absolute Gasteiger partial charge is 0.303 e. The molecular formula is C34H42N4O4. The fraction of sp³-hybridized carbons (Fsp3) is 0.471. The third-order valence-corrected chi connectivity index (χ3v) is 9.55. The molecule has 5 rings (SSSR count). The van der Waals surface area contributed by atoms with Gasteiger partial charge in [0.1, 0.15) is 0 Å². The summed E-state index contributed by atoms with van der Waals surface area (Å²) in [5.74, 6) is -0.877. The van der Waals surface area contributed by atoms with Gasteiger partial charge in [0, 0.05) is 35.6 Å². The number of aliphatic imine (C=N–C) groups is 2. The largest absolute Gasteiger partial charge is 0.481 e. The van der Waals surface area contributed by atoms with Crippen LogP contribution in [0.2, 0.25) is 0 Å². The number of allylic oxidation sites excluding steroid dienone is 5. The predicted molar refractivity (Wildman–Crippen MR) is 167 cm³/mol. The Labute approximate surface area is 247 Å². The Morgan fingerprint density at radius 3 is 2.14 bits per heavy atom. The Bertz CT molecular complexity index is 1650. The number of hydrogen-bond donors (Lipinski definition) is 4. The number of aliphatic carboxylic acids is 2. The molecule has 4 N–H and O–H groups in total. The van der Waals surface area contributed by atoms with Crippen LogP contribution < -0.4 is 16.0 Å². The first-order chi connectivity index (χ1) is 20.0. The van der Waals surface area contributed by atoms with E-state index in [4.69, 9.17) is 9.98 Å². The maximum absolute atomic E-state index is 11.5. The van der Waals surface area contributed by atoms with Crippen molar-refractivity contribution in [1.29, 1.82) is 0 Å². The molecule has 0 aliphatic carbocycles. The Hall–Kier alpha value is -3.78. The molecule has 42 heavy (non-hydrogen) atoms. The average Bonchev–Trinajstić information content (AvgIpc) is 3.59. The minimum atomic E-state index is -0.859. The molecule has 1 saturated heterocycles. The molecule has 1 aromatic heterocycles. The first kappa shape index (κ1) is 29.7. The molecule has 0 radical (unpaired) electrons. The molecule has 4 aliphatic heterocycles. The van der Waals surface area contributed by atoms with E-state index in [-0.39, 0.29) is 24.9 Å². The molecule has 1 fully saturated rings. The number of carboxylic acids is 2. The van der Waals surface area contributed by atoms with Crippen LogP contribution in [0.15, 0.2) is 55.8 Å². The van der Waals surface area contributed by atoms with Gasteiger partial charge in [-0.3, -0.25) is 9.59 Å². The van der Waals surface area contributed by atoms with E-state index in [1.165, 1.54) is 11.1 Å². The Balaban J connectivity index is 1.76. The quantitative estimate of drug-likeness (QED) is 0.366. The van der Waals surface area contributed by atoms with Gasteiger partial charge in [-0.2, -0.15) is 0 Å². The van der Waals surface area contributed by atoms with Crippen molar-refractivity contribution in [2.75, 3.05) is 0 Å². The van der Waals surface area contributed by atoms with Crippen molar-refractivity contribution in [3.8, 4) is 0 Å². The number of carbonyl (C=O) groups is 2. The number of H-pyrrole nitrogens is 1. The summed E-state index contributed by atoms with van der Waals surface area (Å²) < 4.78 is 0. The van der Waals surface area contributed by atoms with Crippen LogP contribution in [0, 0.1) is 18.8 Å². The molecule has 4 atom stereocenters. The molecule has 4 unspecified atom stereocenters. The summed E-state index contributed by atoms with van der Waals surface area (Å²) in [7, 11) is 0. The predicted octanol–water partition coefficient (Wildman–Crippen LogP) is 4.50. The maximum atomic E-state index is 11.5. The Morgan fingerprint density at radius 1 is 0.833 bits per heavy atom. The van der Waals surface area contributed by atoms with Crippen LogP contribution in [0.3, 0.4) is 0 Å². The fourth-order valence-corrected chi connectivity index (χ4v) is 7.02. The van der Waals surface area contributed by atoms with Crippen LogP contribution >= 0.6 is 0 Å². The summed E-state index contributed by atoms with van der Waals surface area (Å²) in [6.45, 7) is 12.9. The Kier molecular flexibility index (Phi) is 8.37. The van der Waals surface area contributed by atoms with Gasteiger partial charge in [0.2, 0.25) is 0 Å². The van der Waals surface area contributed by atoms with E-state index < -0.39 is 11.9 Å². The van der Waals surface area contributed by atoms with Crippen molar-refractivity contribution in [3.63, 3.8) is 0 Å². The van der Waals surface area contributed by atoms with Gasteiger partial charge in [0.15, 0.2) is 0 Å². The monoisotopic (exact) mass is 570 g/mol. The van der Waals surface area contributed by atoms with E-state index in [2.05, 4.69) is 56.2 Å². The number of hydrogen-bond acceptors (Lipinski definition) is 5. The highest BCUT2D eigenvalue weighted by Crippen LogP contribution is 2.37. The molecule has 222 valence electrons. The zero-order valence-corrected chi connectivity index (χ0v) is 25.5. The summed E-state index contributed by atoms with van der Waals surface area (Å²) in [5, 5.41) is 25.0. The van der Waals surface area contributed by atoms with Crippen LogP contribution in [-0.4, -0.2) is 50.6 Å². The van der Waals surface area contributed by atoms with Crippen LogP contribution in [0.25, 0.3) is 12.2 Å². The fourth-order valence-electron chi connectivity index (χ4n) is 7.02. The highest BCUT2D eigenvalue weighted by atomic mass is 16.4. The molecule has 5 heterocycles. The first-order valence-electron chi connectivity index (χ1n) is 15.1. The number of nitrogens with one attached hydrogen (secondary N) is 2. The summed E-state index contributed by atoms with van der Waals surface area (Å²) in [6.07, 6.45) is 11.2. The second-order valence-electron chi connectivity index (χ2n) is 11.9. The summed E-state index contributed by atoms with van der Waals surface area (Å²) in [5.41, 5.74) is 9.29. The van der Waals surface area contributed by atoms with Crippen LogP contribution in [0.1, 0.15) is 77.8 Å². The van der Waals surface area contributed by atoms with E-state index in [9.17, 15) is 19.8 Å². The van der Waals surface area contributed by atoms with Gasteiger partial charge < -0.3 is 20.5 Å². The van der Waals surface area contributed by atoms with Gasteiger partial charge in [-0.15, -0.1) is 0 Å². The van der Waals surface area contributed by atoms with Crippen molar-refractivity contribution in [1.82, 2.24) is 10.3 Å². The number of fused-ring (bicyclic) bond motifs is 6. The average molecular weight is 571 g/mol. The van der Waals surface area contributed by atoms with Crippen LogP contribution in [0.4, 0.5) is 0 Å². The van der Waals surface area contributed by atoms with Crippen molar-refractivity contribution in [2.24, 2.45) is 21.8 Å². The third-order valence-electron chi connectivity index (χ3n) is 9.55. The third kappa shape index (κ3) is 5.52. The Morgan fingerprint density at radius 2 is 1.50 bits per heavy atom. The van der Waals surface area contributed by atoms with Gasteiger partial charge >= 0.3 is 11.9 Å². The highest BCUT2D eigenvalue weighted by Gasteiger charge is 2.38. The second-order valence-corrected chi connectivity index (χ2v) is 11.9. The lowest BCUT2D eigenvalue weighted by atomic mass is 9.85. The van der Waals surface area contributed by atoms with Crippen LogP contribution in [0.5, 0.6) is 0 Å². The van der Waals surface area contributed by atoms with Gasteiger partial charge in [-0.05, 0) is 110 Å². The molecule has 4 aliphatic rings. The van der Waals surface area contributed by atoms with E-state index in [0.717, 1.165) is 57.2 Å². The molecule has 8 nitrogen and oxygen atoms in total. The number of nitrogens with zero attached hydrogens (tertiary/aromatic N) is 2. The van der Waals surface area contributed by atoms with E-state index in [0.29, 0.717) is 36.1 Å². The van der Waals surface area contributed by atoms with E-state index in [1.54, 1.807) is 0 Å². The van der Waals surface area contributed by atoms with Crippen molar-refractivity contribution in [2.45, 2.75) is 92.2 Å². The molecule has 0 amide bonds. The minimum Gasteiger partial charge on any atom is -0.481 e. The minimum absolute atomic E-state index is 0.00265. The molecule has 8 bridgehead atoms. The number of carboxylic acid groups (broad SMARTS) is 2.